The third-order valence-electron chi connectivity index (χ3n) is 2.22. The number of carboxylic acids is 1. The highest BCUT2D eigenvalue weighted by atomic mass is 16.4. The summed E-state index contributed by atoms with van der Waals surface area (Å²) in [6.45, 7) is 0. The SMILES string of the molecule is O=C=C1NC(c2ccccc2)=NC=C1C(=O)O. The lowest BCUT2D eigenvalue weighted by atomic mass is 10.1. The van der Waals surface area contributed by atoms with E-state index in [-0.39, 0.29) is 11.3 Å². The molecule has 1 aliphatic heterocycles. The lowest BCUT2D eigenvalue weighted by molar-refractivity contribution is -0.132. The van der Waals surface area contributed by atoms with Gasteiger partial charge in [0.2, 0.25) is 0 Å². The minimum atomic E-state index is -1.22. The average Bonchev–Trinajstić information content (AvgIpc) is 2.39. The van der Waals surface area contributed by atoms with Gasteiger partial charge in [-0.25, -0.2) is 14.6 Å². The maximum atomic E-state index is 10.8. The van der Waals surface area contributed by atoms with Crippen molar-refractivity contribution in [2.75, 3.05) is 0 Å². The molecule has 0 spiro atoms. The molecule has 84 valence electrons. The third kappa shape index (κ3) is 2.14. The third-order valence-corrected chi connectivity index (χ3v) is 2.22. The summed E-state index contributed by atoms with van der Waals surface area (Å²) in [5.74, 6) is 0.770. The van der Waals surface area contributed by atoms with Gasteiger partial charge in [-0.2, -0.15) is 0 Å². The van der Waals surface area contributed by atoms with Crippen LogP contribution >= 0.6 is 0 Å². The molecule has 5 heteroatoms. The van der Waals surface area contributed by atoms with Crippen LogP contribution in [0, 0.1) is 0 Å². The summed E-state index contributed by atoms with van der Waals surface area (Å²) in [6, 6.07) is 9.09. The standard InChI is InChI=1S/C12H8N2O3/c15-7-10-9(12(16)17)6-13-11(14-10)8-4-2-1-3-5-8/h1-6H,(H,13,14)(H,16,17). The maximum Gasteiger partial charge on any atom is 0.340 e. The topological polar surface area (TPSA) is 78.8 Å². The number of nitrogens with one attached hydrogen (secondary N) is 1. The molecule has 0 radical (unpaired) electrons. The van der Waals surface area contributed by atoms with Crippen LogP contribution in [0.5, 0.6) is 0 Å². The van der Waals surface area contributed by atoms with E-state index in [0.29, 0.717) is 5.84 Å². The van der Waals surface area contributed by atoms with Crippen LogP contribution in [0.4, 0.5) is 0 Å². The van der Waals surface area contributed by atoms with Crippen molar-refractivity contribution in [2.24, 2.45) is 4.99 Å². The van der Waals surface area contributed by atoms with Gasteiger partial charge in [-0.3, -0.25) is 0 Å². The smallest absolute Gasteiger partial charge is 0.340 e. The highest BCUT2D eigenvalue weighted by Gasteiger charge is 2.20. The van der Waals surface area contributed by atoms with Crippen LogP contribution in [0.25, 0.3) is 0 Å². The second-order valence-electron chi connectivity index (χ2n) is 3.29. The molecule has 0 amide bonds. The van der Waals surface area contributed by atoms with E-state index in [0.717, 1.165) is 11.8 Å². The molecule has 1 aromatic carbocycles. The van der Waals surface area contributed by atoms with Gasteiger partial charge in [0, 0.05) is 11.8 Å². The number of amidine groups is 1. The van der Waals surface area contributed by atoms with Gasteiger partial charge in [0.15, 0.2) is 5.94 Å². The van der Waals surface area contributed by atoms with Crippen molar-refractivity contribution < 1.29 is 14.7 Å². The molecule has 17 heavy (non-hydrogen) atoms. The normalized spacial score (nSPS) is 14.2. The maximum absolute atomic E-state index is 10.8. The quantitative estimate of drug-likeness (QED) is 0.731. The number of hydrogen-bond donors (Lipinski definition) is 2. The largest absolute Gasteiger partial charge is 0.478 e. The molecular weight excluding hydrogens is 220 g/mol. The first-order valence-corrected chi connectivity index (χ1v) is 4.81. The number of nitrogens with zero attached hydrogens (tertiary/aromatic N) is 1. The van der Waals surface area contributed by atoms with Gasteiger partial charge in [-0.15, -0.1) is 0 Å². The molecule has 5 nitrogen and oxygen atoms in total. The number of rotatable bonds is 2. The van der Waals surface area contributed by atoms with E-state index in [1.54, 1.807) is 18.1 Å². The van der Waals surface area contributed by atoms with Gasteiger partial charge in [0.1, 0.15) is 17.1 Å². The second-order valence-corrected chi connectivity index (χ2v) is 3.29. The van der Waals surface area contributed by atoms with Crippen molar-refractivity contribution in [3.8, 4) is 0 Å². The van der Waals surface area contributed by atoms with Gasteiger partial charge in [-0.05, 0) is 0 Å². The van der Waals surface area contributed by atoms with Crippen LogP contribution in [0.2, 0.25) is 0 Å². The van der Waals surface area contributed by atoms with Gasteiger partial charge in [0.25, 0.3) is 0 Å². The van der Waals surface area contributed by atoms with Crippen molar-refractivity contribution in [3.63, 3.8) is 0 Å². The molecule has 0 aromatic heterocycles. The number of hydrogen-bond acceptors (Lipinski definition) is 4. The molecule has 0 saturated heterocycles. The Labute approximate surface area is 96.8 Å². The summed E-state index contributed by atoms with van der Waals surface area (Å²) in [6.07, 6.45) is 1.14. The molecular formula is C12H8N2O3. The molecule has 0 aliphatic carbocycles. The number of carbonyl (C=O) groups is 1. The monoisotopic (exact) mass is 228 g/mol. The summed E-state index contributed by atoms with van der Waals surface area (Å²) in [5, 5.41) is 11.5. The Morgan fingerprint density at radius 2 is 2.00 bits per heavy atom. The Bertz CT molecular complexity index is 567. The van der Waals surface area contributed by atoms with Crippen LogP contribution in [0.15, 0.2) is 52.8 Å². The second kappa shape index (κ2) is 4.47. The summed E-state index contributed by atoms with van der Waals surface area (Å²) >= 11 is 0. The van der Waals surface area contributed by atoms with Crippen molar-refractivity contribution >= 4 is 17.7 Å². The Balaban J connectivity index is 2.42. The summed E-state index contributed by atoms with van der Waals surface area (Å²) < 4.78 is 0. The van der Waals surface area contributed by atoms with Crippen molar-refractivity contribution in [1.82, 2.24) is 5.32 Å². The van der Waals surface area contributed by atoms with Gasteiger partial charge >= 0.3 is 5.97 Å². The summed E-state index contributed by atoms with van der Waals surface area (Å²) in [7, 11) is 0. The predicted octanol–water partition coefficient (Wildman–Crippen LogP) is 0.720. The van der Waals surface area contributed by atoms with Gasteiger partial charge in [-0.1, -0.05) is 30.3 Å². The fourth-order valence-electron chi connectivity index (χ4n) is 1.40. The molecule has 2 rings (SSSR count). The lowest BCUT2D eigenvalue weighted by Crippen LogP contribution is -2.29. The van der Waals surface area contributed by atoms with Crippen LogP contribution in [-0.4, -0.2) is 22.9 Å². The molecule has 0 saturated carbocycles. The molecule has 2 N–H and O–H groups in total. The van der Waals surface area contributed by atoms with E-state index >= 15 is 0 Å². The van der Waals surface area contributed by atoms with E-state index in [2.05, 4.69) is 10.3 Å². The van der Waals surface area contributed by atoms with E-state index in [1.165, 1.54) is 0 Å². The number of carbonyl (C=O) groups excluding carboxylic acids is 1. The zero-order valence-electron chi connectivity index (χ0n) is 8.68. The highest BCUT2D eigenvalue weighted by molar-refractivity contribution is 6.06. The predicted molar refractivity (Wildman–Crippen MR) is 61.0 cm³/mol. The van der Waals surface area contributed by atoms with Crippen LogP contribution in [0.3, 0.4) is 0 Å². The number of carboxylic acid groups (broad SMARTS) is 1. The number of aliphatic carboxylic acids is 1. The Kier molecular flexibility index (Phi) is 2.85. The lowest BCUT2D eigenvalue weighted by Gasteiger charge is -2.14. The summed E-state index contributed by atoms with van der Waals surface area (Å²) in [5.41, 5.74) is 0.451. The Morgan fingerprint density at radius 3 is 2.59 bits per heavy atom. The van der Waals surface area contributed by atoms with E-state index in [1.807, 2.05) is 18.2 Å². The minimum Gasteiger partial charge on any atom is -0.478 e. The van der Waals surface area contributed by atoms with Gasteiger partial charge in [0.05, 0.1) is 0 Å². The molecule has 0 fully saturated rings. The molecule has 1 aliphatic rings. The zero-order chi connectivity index (χ0) is 12.3. The van der Waals surface area contributed by atoms with Crippen molar-refractivity contribution in [3.05, 3.63) is 53.4 Å². The van der Waals surface area contributed by atoms with E-state index in [4.69, 9.17) is 5.11 Å². The average molecular weight is 228 g/mol. The van der Waals surface area contributed by atoms with Crippen LogP contribution in [0.1, 0.15) is 5.56 Å². The van der Waals surface area contributed by atoms with Crippen molar-refractivity contribution in [1.29, 1.82) is 0 Å². The van der Waals surface area contributed by atoms with E-state index < -0.39 is 5.97 Å². The Morgan fingerprint density at radius 1 is 1.29 bits per heavy atom. The first-order valence-electron chi connectivity index (χ1n) is 4.81. The minimum absolute atomic E-state index is 0.119. The first kappa shape index (κ1) is 10.9. The molecule has 0 atom stereocenters. The molecule has 1 aromatic rings. The molecule has 1 heterocycles. The van der Waals surface area contributed by atoms with Crippen LogP contribution < -0.4 is 5.32 Å². The first-order chi connectivity index (χ1) is 8.22. The van der Waals surface area contributed by atoms with Gasteiger partial charge < -0.3 is 10.4 Å². The zero-order valence-corrected chi connectivity index (χ0v) is 8.68. The fourth-order valence-corrected chi connectivity index (χ4v) is 1.40. The fraction of sp³-hybridized carbons (Fsp3) is 0. The Hall–Kier alpha value is -2.65. The highest BCUT2D eigenvalue weighted by Crippen LogP contribution is 2.12. The number of aliphatic imine (C=N–C) groups is 1. The number of benzene rings is 1. The van der Waals surface area contributed by atoms with Crippen LogP contribution in [-0.2, 0) is 9.59 Å². The molecule has 0 unspecified atom stereocenters. The molecule has 0 bridgehead atoms. The summed E-state index contributed by atoms with van der Waals surface area (Å²) in [4.78, 5) is 25.4. The van der Waals surface area contributed by atoms with Crippen molar-refractivity contribution in [2.45, 2.75) is 0 Å². The van der Waals surface area contributed by atoms with E-state index in [9.17, 15) is 9.59 Å².